The van der Waals surface area contributed by atoms with Crippen molar-refractivity contribution in [1.29, 1.82) is 0 Å². The van der Waals surface area contributed by atoms with Crippen LogP contribution in [-0.2, 0) is 17.6 Å². The lowest BCUT2D eigenvalue weighted by Crippen LogP contribution is -2.48. The van der Waals surface area contributed by atoms with Gasteiger partial charge in [0.1, 0.15) is 0 Å². The number of piperidine rings is 1. The van der Waals surface area contributed by atoms with E-state index in [-0.39, 0.29) is 5.91 Å². The highest BCUT2D eigenvalue weighted by atomic mass is 16.2. The van der Waals surface area contributed by atoms with Crippen LogP contribution in [0.25, 0.3) is 0 Å². The van der Waals surface area contributed by atoms with E-state index in [0.29, 0.717) is 18.0 Å². The van der Waals surface area contributed by atoms with Gasteiger partial charge >= 0.3 is 0 Å². The molecule has 0 aromatic carbocycles. The summed E-state index contributed by atoms with van der Waals surface area (Å²) < 4.78 is 2.08. The zero-order chi connectivity index (χ0) is 19.4. The number of carbonyl (C=O) groups excluding carboxylic acids is 1. The molecule has 0 saturated carbocycles. The molecule has 7 heteroatoms. The van der Waals surface area contributed by atoms with Crippen LogP contribution in [0.2, 0.25) is 0 Å². The first-order chi connectivity index (χ1) is 13.0. The molecule has 2 aliphatic rings. The minimum absolute atomic E-state index is 0.190. The van der Waals surface area contributed by atoms with Gasteiger partial charge in [-0.25, -0.2) is 0 Å². The molecule has 2 N–H and O–H groups in total. The Morgan fingerprint density at radius 3 is 2.70 bits per heavy atom. The smallest absolute Gasteiger partial charge is 0.219 e. The summed E-state index contributed by atoms with van der Waals surface area (Å²) in [5.41, 5.74) is 2.61. The molecule has 2 heterocycles. The van der Waals surface area contributed by atoms with Crippen molar-refractivity contribution in [2.45, 2.75) is 65.0 Å². The normalized spacial score (nSPS) is 21.3. The van der Waals surface area contributed by atoms with Gasteiger partial charge in [0.25, 0.3) is 0 Å². The van der Waals surface area contributed by atoms with Crippen molar-refractivity contribution in [3.63, 3.8) is 0 Å². The van der Waals surface area contributed by atoms with Crippen LogP contribution in [0.5, 0.6) is 0 Å². The molecule has 1 aliphatic carbocycles. The lowest BCUT2D eigenvalue weighted by molar-refractivity contribution is -0.130. The first kappa shape index (κ1) is 19.7. The fraction of sp³-hybridized carbons (Fsp3) is 0.750. The first-order valence-electron chi connectivity index (χ1n) is 10.3. The molecule has 7 nitrogen and oxygen atoms in total. The molecule has 1 unspecified atom stereocenters. The predicted octanol–water partition coefficient (Wildman–Crippen LogP) is 1.74. The monoisotopic (exact) mass is 374 g/mol. The molecule has 1 saturated heterocycles. The van der Waals surface area contributed by atoms with Crippen LogP contribution in [0.3, 0.4) is 0 Å². The summed E-state index contributed by atoms with van der Waals surface area (Å²) in [4.78, 5) is 17.8. The predicted molar refractivity (Wildman–Crippen MR) is 108 cm³/mol. The highest BCUT2D eigenvalue weighted by Crippen LogP contribution is 2.22. The second kappa shape index (κ2) is 8.76. The average Bonchev–Trinajstić information content (AvgIpc) is 3.09. The number of nitrogens with zero attached hydrogens (tertiary/aromatic N) is 4. The number of amides is 1. The Balaban J connectivity index is 1.46. The Labute approximate surface area is 162 Å². The van der Waals surface area contributed by atoms with Gasteiger partial charge in [0, 0.05) is 58.3 Å². The van der Waals surface area contributed by atoms with Gasteiger partial charge < -0.3 is 15.5 Å². The molecule has 1 fully saturated rings. The number of fused-ring (bicyclic) bond motifs is 1. The highest BCUT2D eigenvalue weighted by molar-refractivity contribution is 5.80. The first-order valence-corrected chi connectivity index (χ1v) is 10.3. The number of rotatable bonds is 4. The number of carbonyl (C=O) groups is 1. The lowest BCUT2D eigenvalue weighted by Gasteiger charge is -2.32. The number of likely N-dealkylation sites (tertiary alicyclic amines) is 1. The maximum Gasteiger partial charge on any atom is 0.219 e. The molecular formula is C20H34N6O. The number of aryl methyl sites for hydroxylation is 1. The third kappa shape index (κ3) is 5.02. The molecule has 27 heavy (non-hydrogen) atoms. The van der Waals surface area contributed by atoms with Crippen molar-refractivity contribution in [2.24, 2.45) is 10.9 Å². The summed E-state index contributed by atoms with van der Waals surface area (Å²) in [6, 6.07) is 0.782. The van der Waals surface area contributed by atoms with E-state index < -0.39 is 0 Å². The van der Waals surface area contributed by atoms with Crippen molar-refractivity contribution < 1.29 is 4.79 Å². The third-order valence-electron chi connectivity index (χ3n) is 5.81. The van der Waals surface area contributed by atoms with E-state index in [4.69, 9.17) is 5.10 Å². The maximum atomic E-state index is 11.4. The Hall–Kier alpha value is -2.05. The zero-order valence-electron chi connectivity index (χ0n) is 17.2. The number of guanidine groups is 1. The van der Waals surface area contributed by atoms with Crippen LogP contribution in [0.15, 0.2) is 11.2 Å². The van der Waals surface area contributed by atoms with E-state index in [1.165, 1.54) is 11.3 Å². The third-order valence-corrected chi connectivity index (χ3v) is 5.81. The summed E-state index contributed by atoms with van der Waals surface area (Å²) in [7, 11) is 1.83. The Kier molecular flexibility index (Phi) is 6.39. The van der Waals surface area contributed by atoms with E-state index in [0.717, 1.165) is 57.7 Å². The molecule has 0 bridgehead atoms. The van der Waals surface area contributed by atoms with Crippen LogP contribution < -0.4 is 10.6 Å². The number of hydrogen-bond acceptors (Lipinski definition) is 3. The minimum Gasteiger partial charge on any atom is -0.356 e. The number of nitrogens with one attached hydrogen (secondary N) is 2. The molecule has 1 aromatic heterocycles. The van der Waals surface area contributed by atoms with Crippen LogP contribution in [0.4, 0.5) is 0 Å². The molecule has 3 rings (SSSR count). The van der Waals surface area contributed by atoms with Crippen LogP contribution in [0, 0.1) is 5.92 Å². The molecule has 1 atom stereocenters. The molecular weight excluding hydrogens is 340 g/mol. The van der Waals surface area contributed by atoms with Gasteiger partial charge in [0.15, 0.2) is 5.96 Å². The van der Waals surface area contributed by atoms with Gasteiger partial charge in [-0.15, -0.1) is 0 Å². The number of hydrogen-bond donors (Lipinski definition) is 2. The largest absolute Gasteiger partial charge is 0.356 e. The standard InChI is InChI=1S/C20H34N6O/c1-14(2)26-13-17-5-6-18(11-19(17)24-26)23-20(21-4)22-12-16-7-9-25(10-8-16)15(3)27/h13-14,16,18H,5-12H2,1-4H3,(H2,21,22,23). The quantitative estimate of drug-likeness (QED) is 0.622. The molecule has 0 radical (unpaired) electrons. The maximum absolute atomic E-state index is 11.4. The average molecular weight is 375 g/mol. The van der Waals surface area contributed by atoms with Crippen molar-refractivity contribution in [3.8, 4) is 0 Å². The number of aliphatic imine (C=N–C) groups is 1. The van der Waals surface area contributed by atoms with Gasteiger partial charge in [-0.1, -0.05) is 0 Å². The van der Waals surface area contributed by atoms with Crippen LogP contribution in [-0.4, -0.2) is 59.3 Å². The highest BCUT2D eigenvalue weighted by Gasteiger charge is 2.24. The fourth-order valence-corrected chi connectivity index (χ4v) is 3.98. The molecule has 1 aliphatic heterocycles. The van der Waals surface area contributed by atoms with E-state index in [2.05, 4.69) is 40.4 Å². The topological polar surface area (TPSA) is 74.6 Å². The Morgan fingerprint density at radius 2 is 2.07 bits per heavy atom. The SMILES string of the molecule is CN=C(NCC1CCN(C(C)=O)CC1)NC1CCc2cn(C(C)C)nc2C1. The second-order valence-corrected chi connectivity index (χ2v) is 8.16. The summed E-state index contributed by atoms with van der Waals surface area (Å²) in [6.45, 7) is 8.65. The van der Waals surface area contributed by atoms with Crippen LogP contribution >= 0.6 is 0 Å². The summed E-state index contributed by atoms with van der Waals surface area (Å²) in [5.74, 6) is 1.66. The molecule has 150 valence electrons. The van der Waals surface area contributed by atoms with Gasteiger partial charge in [-0.3, -0.25) is 14.5 Å². The molecule has 1 amide bonds. The van der Waals surface area contributed by atoms with Crippen molar-refractivity contribution in [3.05, 3.63) is 17.5 Å². The van der Waals surface area contributed by atoms with E-state index in [1.54, 1.807) is 6.92 Å². The van der Waals surface area contributed by atoms with Crippen LogP contribution in [0.1, 0.15) is 57.3 Å². The molecule has 0 spiro atoms. The summed E-state index contributed by atoms with van der Waals surface area (Å²) >= 11 is 0. The molecule has 1 aromatic rings. The Morgan fingerprint density at radius 1 is 1.33 bits per heavy atom. The second-order valence-electron chi connectivity index (χ2n) is 8.16. The minimum atomic E-state index is 0.190. The van der Waals surface area contributed by atoms with Gasteiger partial charge in [-0.2, -0.15) is 5.10 Å². The van der Waals surface area contributed by atoms with Crippen molar-refractivity contribution in [1.82, 2.24) is 25.3 Å². The van der Waals surface area contributed by atoms with Gasteiger partial charge in [0.05, 0.1) is 5.69 Å². The van der Waals surface area contributed by atoms with Gasteiger partial charge in [0.2, 0.25) is 5.91 Å². The Bertz CT molecular complexity index is 672. The zero-order valence-corrected chi connectivity index (χ0v) is 17.2. The van der Waals surface area contributed by atoms with Crippen molar-refractivity contribution >= 4 is 11.9 Å². The summed E-state index contributed by atoms with van der Waals surface area (Å²) in [6.07, 6.45) is 7.45. The van der Waals surface area contributed by atoms with Crippen molar-refractivity contribution in [2.75, 3.05) is 26.7 Å². The summed E-state index contributed by atoms with van der Waals surface area (Å²) in [5, 5.41) is 11.8. The van der Waals surface area contributed by atoms with E-state index in [9.17, 15) is 4.79 Å². The number of aromatic nitrogens is 2. The lowest BCUT2D eigenvalue weighted by atomic mass is 9.94. The van der Waals surface area contributed by atoms with E-state index >= 15 is 0 Å². The fourth-order valence-electron chi connectivity index (χ4n) is 3.98. The van der Waals surface area contributed by atoms with Gasteiger partial charge in [-0.05, 0) is 51.0 Å². The van der Waals surface area contributed by atoms with E-state index in [1.807, 2.05) is 11.9 Å².